The van der Waals surface area contributed by atoms with Crippen molar-refractivity contribution < 1.29 is 9.32 Å². The van der Waals surface area contributed by atoms with E-state index in [1.54, 1.807) is 0 Å². The zero-order valence-electron chi connectivity index (χ0n) is 15.0. The second-order valence-corrected chi connectivity index (χ2v) is 6.56. The lowest BCUT2D eigenvalue weighted by Gasteiger charge is -2.32. The van der Waals surface area contributed by atoms with Gasteiger partial charge in [-0.2, -0.15) is 0 Å². The van der Waals surface area contributed by atoms with Gasteiger partial charge in [0.2, 0.25) is 5.91 Å². The number of aryl methyl sites for hydroxylation is 2. The number of nitrogens with zero attached hydrogens (tertiary/aromatic N) is 3. The van der Waals surface area contributed by atoms with Crippen molar-refractivity contribution in [3.05, 3.63) is 35.3 Å². The Morgan fingerprint density at radius 3 is 2.80 bits per heavy atom. The summed E-state index contributed by atoms with van der Waals surface area (Å²) in [6.07, 6.45) is 3.11. The number of rotatable bonds is 5. The number of piperidine rings is 1. The number of carbonyl (C=O) groups is 1. The molecule has 0 radical (unpaired) electrons. The summed E-state index contributed by atoms with van der Waals surface area (Å²) < 4.78 is 5.40. The Morgan fingerprint density at radius 1 is 1.36 bits per heavy atom. The summed E-state index contributed by atoms with van der Waals surface area (Å²) in [6, 6.07) is 6.15. The SMILES string of the molecule is CCc1onc(C)c1-c1cccc(C2CCN(C(=O)CCN)CC2)n1. The molecule has 1 saturated heterocycles. The summed E-state index contributed by atoms with van der Waals surface area (Å²) >= 11 is 0. The molecule has 2 N–H and O–H groups in total. The molecule has 134 valence electrons. The first-order valence-electron chi connectivity index (χ1n) is 9.04. The van der Waals surface area contributed by atoms with Gasteiger partial charge in [0.15, 0.2) is 0 Å². The van der Waals surface area contributed by atoms with Crippen LogP contribution in [0.15, 0.2) is 22.7 Å². The van der Waals surface area contributed by atoms with E-state index in [0.29, 0.717) is 18.9 Å². The number of hydrogen-bond donors (Lipinski definition) is 1. The maximum absolute atomic E-state index is 12.0. The van der Waals surface area contributed by atoms with Crippen molar-refractivity contribution in [1.29, 1.82) is 0 Å². The fourth-order valence-electron chi connectivity index (χ4n) is 3.51. The van der Waals surface area contributed by atoms with Crippen molar-refractivity contribution in [1.82, 2.24) is 15.0 Å². The van der Waals surface area contributed by atoms with Crippen LogP contribution < -0.4 is 5.73 Å². The summed E-state index contributed by atoms with van der Waals surface area (Å²) in [5.41, 5.74) is 9.39. The van der Waals surface area contributed by atoms with Crippen molar-refractivity contribution in [3.63, 3.8) is 0 Å². The smallest absolute Gasteiger partial charge is 0.223 e. The van der Waals surface area contributed by atoms with Crippen LogP contribution in [0.3, 0.4) is 0 Å². The standard InChI is InChI=1S/C19H26N4O2/c1-3-17-19(13(2)22-25-17)16-6-4-5-15(21-16)14-8-11-23(12-9-14)18(24)7-10-20/h4-6,14H,3,7-12,20H2,1-2H3. The molecule has 0 aliphatic carbocycles. The molecular formula is C19H26N4O2. The average molecular weight is 342 g/mol. The van der Waals surface area contributed by atoms with Crippen LogP contribution in [-0.2, 0) is 11.2 Å². The van der Waals surface area contributed by atoms with Gasteiger partial charge in [-0.25, -0.2) is 0 Å². The second-order valence-electron chi connectivity index (χ2n) is 6.56. The molecule has 3 rings (SSSR count). The van der Waals surface area contributed by atoms with Crippen LogP contribution in [0, 0.1) is 6.92 Å². The summed E-state index contributed by atoms with van der Waals surface area (Å²) in [5.74, 6) is 1.42. The molecule has 1 fully saturated rings. The van der Waals surface area contributed by atoms with Crippen molar-refractivity contribution in [2.75, 3.05) is 19.6 Å². The number of likely N-dealkylation sites (tertiary alicyclic amines) is 1. The van der Waals surface area contributed by atoms with Gasteiger partial charge >= 0.3 is 0 Å². The number of amides is 1. The van der Waals surface area contributed by atoms with Crippen LogP contribution in [0.5, 0.6) is 0 Å². The lowest BCUT2D eigenvalue weighted by Crippen LogP contribution is -2.38. The molecule has 3 heterocycles. The third-order valence-corrected chi connectivity index (χ3v) is 4.91. The van der Waals surface area contributed by atoms with Crippen molar-refractivity contribution >= 4 is 5.91 Å². The maximum Gasteiger partial charge on any atom is 0.223 e. The molecule has 6 heteroatoms. The highest BCUT2D eigenvalue weighted by molar-refractivity contribution is 5.76. The highest BCUT2D eigenvalue weighted by atomic mass is 16.5. The van der Waals surface area contributed by atoms with Crippen LogP contribution >= 0.6 is 0 Å². The molecule has 0 bridgehead atoms. The number of nitrogens with two attached hydrogens (primary N) is 1. The van der Waals surface area contributed by atoms with Gasteiger partial charge < -0.3 is 15.2 Å². The van der Waals surface area contributed by atoms with Gasteiger partial charge in [0.25, 0.3) is 0 Å². The summed E-state index contributed by atoms with van der Waals surface area (Å²) in [6.45, 7) is 5.99. The van der Waals surface area contributed by atoms with Gasteiger partial charge in [0, 0.05) is 44.1 Å². The highest BCUT2D eigenvalue weighted by Gasteiger charge is 2.25. The van der Waals surface area contributed by atoms with Gasteiger partial charge in [0.05, 0.1) is 17.0 Å². The van der Waals surface area contributed by atoms with E-state index in [0.717, 1.165) is 60.8 Å². The Balaban J connectivity index is 1.75. The molecule has 0 atom stereocenters. The van der Waals surface area contributed by atoms with Crippen molar-refractivity contribution in [2.45, 2.75) is 45.4 Å². The molecule has 6 nitrogen and oxygen atoms in total. The van der Waals surface area contributed by atoms with Gasteiger partial charge in [-0.1, -0.05) is 18.1 Å². The number of pyridine rings is 1. The minimum Gasteiger partial charge on any atom is -0.360 e. The third-order valence-electron chi connectivity index (χ3n) is 4.91. The minimum atomic E-state index is 0.162. The molecule has 2 aromatic rings. The zero-order chi connectivity index (χ0) is 17.8. The predicted molar refractivity (Wildman–Crippen MR) is 96.1 cm³/mol. The quantitative estimate of drug-likeness (QED) is 0.903. The van der Waals surface area contributed by atoms with Gasteiger partial charge in [-0.05, 0) is 31.9 Å². The molecule has 25 heavy (non-hydrogen) atoms. The Hall–Kier alpha value is -2.21. The van der Waals surface area contributed by atoms with E-state index in [1.165, 1.54) is 0 Å². The first-order chi connectivity index (χ1) is 12.1. The molecule has 0 unspecified atom stereocenters. The lowest BCUT2D eigenvalue weighted by molar-refractivity contribution is -0.132. The summed E-state index contributed by atoms with van der Waals surface area (Å²) in [5, 5.41) is 4.08. The van der Waals surface area contributed by atoms with Gasteiger partial charge in [-0.15, -0.1) is 0 Å². The Bertz CT molecular complexity index is 733. The molecule has 2 aromatic heterocycles. The lowest BCUT2D eigenvalue weighted by atomic mass is 9.92. The fourth-order valence-corrected chi connectivity index (χ4v) is 3.51. The Kier molecular flexibility index (Phi) is 5.48. The normalized spacial score (nSPS) is 15.6. The van der Waals surface area contributed by atoms with E-state index in [-0.39, 0.29) is 5.91 Å². The molecule has 1 amide bonds. The monoisotopic (exact) mass is 342 g/mol. The van der Waals surface area contributed by atoms with Crippen LogP contribution in [0.2, 0.25) is 0 Å². The van der Waals surface area contributed by atoms with Crippen LogP contribution in [0.1, 0.15) is 49.3 Å². The largest absolute Gasteiger partial charge is 0.360 e. The van der Waals surface area contributed by atoms with E-state index in [4.69, 9.17) is 15.2 Å². The topological polar surface area (TPSA) is 85.2 Å². The summed E-state index contributed by atoms with van der Waals surface area (Å²) in [4.78, 5) is 18.8. The second kappa shape index (κ2) is 7.78. The summed E-state index contributed by atoms with van der Waals surface area (Å²) in [7, 11) is 0. The molecule has 0 spiro atoms. The number of aromatic nitrogens is 2. The van der Waals surface area contributed by atoms with E-state index in [9.17, 15) is 4.79 Å². The molecular weight excluding hydrogens is 316 g/mol. The Labute approximate surface area is 148 Å². The minimum absolute atomic E-state index is 0.162. The van der Waals surface area contributed by atoms with E-state index < -0.39 is 0 Å². The van der Waals surface area contributed by atoms with E-state index >= 15 is 0 Å². The fraction of sp³-hybridized carbons (Fsp3) is 0.526. The van der Waals surface area contributed by atoms with Crippen molar-refractivity contribution in [3.8, 4) is 11.3 Å². The van der Waals surface area contributed by atoms with Gasteiger partial charge in [0.1, 0.15) is 5.76 Å². The maximum atomic E-state index is 12.0. The number of carbonyl (C=O) groups excluding carboxylic acids is 1. The van der Waals surface area contributed by atoms with E-state index in [2.05, 4.69) is 24.2 Å². The van der Waals surface area contributed by atoms with Crippen LogP contribution in [0.4, 0.5) is 0 Å². The van der Waals surface area contributed by atoms with Crippen LogP contribution in [-0.4, -0.2) is 40.6 Å². The van der Waals surface area contributed by atoms with Crippen LogP contribution in [0.25, 0.3) is 11.3 Å². The number of hydrogen-bond acceptors (Lipinski definition) is 5. The van der Waals surface area contributed by atoms with Gasteiger partial charge in [-0.3, -0.25) is 9.78 Å². The molecule has 0 aromatic carbocycles. The molecule has 0 saturated carbocycles. The highest BCUT2D eigenvalue weighted by Crippen LogP contribution is 2.31. The van der Waals surface area contributed by atoms with E-state index in [1.807, 2.05) is 17.9 Å². The Morgan fingerprint density at radius 2 is 2.12 bits per heavy atom. The third kappa shape index (κ3) is 3.74. The average Bonchev–Trinajstić information content (AvgIpc) is 3.03. The first kappa shape index (κ1) is 17.6. The molecule has 1 aliphatic heterocycles. The zero-order valence-corrected chi connectivity index (χ0v) is 15.0. The van der Waals surface area contributed by atoms with Crippen molar-refractivity contribution in [2.24, 2.45) is 5.73 Å². The molecule has 1 aliphatic rings. The first-order valence-corrected chi connectivity index (χ1v) is 9.04. The predicted octanol–water partition coefficient (Wildman–Crippen LogP) is 2.66.